The second-order valence-electron chi connectivity index (χ2n) is 4.98. The van der Waals surface area contributed by atoms with E-state index >= 15 is 0 Å². The van der Waals surface area contributed by atoms with E-state index in [0.717, 1.165) is 24.7 Å². The molecular weight excluding hydrogens is 200 g/mol. The molecule has 2 atom stereocenters. The van der Waals surface area contributed by atoms with Crippen molar-refractivity contribution in [1.29, 1.82) is 0 Å². The summed E-state index contributed by atoms with van der Waals surface area (Å²) in [5, 5.41) is 0. The highest BCUT2D eigenvalue weighted by Gasteiger charge is 2.13. The quantitative estimate of drug-likeness (QED) is 0.464. The molecule has 0 radical (unpaired) electrons. The Kier molecular flexibility index (Phi) is 8.58. The van der Waals surface area contributed by atoms with Crippen molar-refractivity contribution in [3.8, 4) is 0 Å². The summed E-state index contributed by atoms with van der Waals surface area (Å²) in [6.07, 6.45) is 6.61. The van der Waals surface area contributed by atoms with Crippen LogP contribution in [0.3, 0.4) is 0 Å². The molecule has 0 aliphatic heterocycles. The summed E-state index contributed by atoms with van der Waals surface area (Å²) in [5.41, 5.74) is 0. The first-order chi connectivity index (χ1) is 7.52. The van der Waals surface area contributed by atoms with Crippen molar-refractivity contribution in [2.75, 3.05) is 14.2 Å². The second kappa shape index (κ2) is 8.77. The molecule has 0 spiro atoms. The predicted molar refractivity (Wildman–Crippen MR) is 69.3 cm³/mol. The van der Waals surface area contributed by atoms with Gasteiger partial charge in [0.1, 0.15) is 0 Å². The first-order valence-corrected chi connectivity index (χ1v) is 6.23. The van der Waals surface area contributed by atoms with Crippen LogP contribution in [0.1, 0.15) is 40.5 Å². The first kappa shape index (κ1) is 15.7. The van der Waals surface area contributed by atoms with Crippen molar-refractivity contribution < 1.29 is 9.47 Å². The van der Waals surface area contributed by atoms with Gasteiger partial charge in [-0.3, -0.25) is 0 Å². The molecule has 0 heterocycles. The molecule has 0 aromatic rings. The number of ether oxygens (including phenoxy) is 2. The summed E-state index contributed by atoms with van der Waals surface area (Å²) in [6, 6.07) is 0. The van der Waals surface area contributed by atoms with Gasteiger partial charge >= 0.3 is 0 Å². The lowest BCUT2D eigenvalue weighted by atomic mass is 9.94. The lowest BCUT2D eigenvalue weighted by molar-refractivity contribution is -0.132. The predicted octanol–water partition coefficient (Wildman–Crippen LogP) is 3.87. The number of methoxy groups -OCH3 is 2. The highest BCUT2D eigenvalue weighted by atomic mass is 16.7. The number of rotatable bonds is 8. The fourth-order valence-electron chi connectivity index (χ4n) is 1.57. The monoisotopic (exact) mass is 228 g/mol. The number of hydrogen-bond acceptors (Lipinski definition) is 2. The zero-order valence-corrected chi connectivity index (χ0v) is 11.7. The van der Waals surface area contributed by atoms with E-state index in [4.69, 9.17) is 9.47 Å². The van der Waals surface area contributed by atoms with E-state index in [1.165, 1.54) is 0 Å². The van der Waals surface area contributed by atoms with Gasteiger partial charge in [0, 0.05) is 20.1 Å². The molecule has 96 valence electrons. The van der Waals surface area contributed by atoms with Crippen LogP contribution in [0.4, 0.5) is 0 Å². The third-order valence-corrected chi connectivity index (χ3v) is 3.25. The van der Waals surface area contributed by atoms with Gasteiger partial charge in [-0.2, -0.15) is 0 Å². The summed E-state index contributed by atoms with van der Waals surface area (Å²) in [5.74, 6) is 1.92. The summed E-state index contributed by atoms with van der Waals surface area (Å²) in [7, 11) is 3.38. The Morgan fingerprint density at radius 1 is 0.812 bits per heavy atom. The van der Waals surface area contributed by atoms with Crippen LogP contribution in [-0.2, 0) is 9.47 Å². The largest absolute Gasteiger partial charge is 0.356 e. The molecular formula is C14H28O2. The second-order valence-corrected chi connectivity index (χ2v) is 4.98. The topological polar surface area (TPSA) is 18.5 Å². The molecule has 0 amide bonds. The van der Waals surface area contributed by atoms with E-state index in [9.17, 15) is 0 Å². The normalized spacial score (nSPS) is 16.2. The van der Waals surface area contributed by atoms with Crippen LogP contribution >= 0.6 is 0 Å². The van der Waals surface area contributed by atoms with E-state index < -0.39 is 0 Å². The molecule has 2 unspecified atom stereocenters. The van der Waals surface area contributed by atoms with E-state index in [0.29, 0.717) is 5.92 Å². The van der Waals surface area contributed by atoms with Crippen LogP contribution in [0.15, 0.2) is 12.2 Å². The Balaban J connectivity index is 3.82. The molecule has 0 aromatic carbocycles. The molecule has 0 aliphatic rings. The summed E-state index contributed by atoms with van der Waals surface area (Å²) >= 11 is 0. The lowest BCUT2D eigenvalue weighted by Crippen LogP contribution is -2.21. The van der Waals surface area contributed by atoms with Gasteiger partial charge in [0.2, 0.25) is 0 Å². The van der Waals surface area contributed by atoms with Crippen molar-refractivity contribution >= 4 is 0 Å². The SMILES string of the molecule is COC(OC)C(C)C/C=C/CC(C)C(C)C. The van der Waals surface area contributed by atoms with Gasteiger partial charge in [-0.05, 0) is 24.7 Å². The average Bonchev–Trinajstić information content (AvgIpc) is 2.25. The Bertz CT molecular complexity index is 183. The Morgan fingerprint density at radius 2 is 1.25 bits per heavy atom. The highest BCUT2D eigenvalue weighted by molar-refractivity contribution is 4.85. The van der Waals surface area contributed by atoms with Crippen molar-refractivity contribution in [2.45, 2.75) is 46.8 Å². The minimum atomic E-state index is -0.0906. The van der Waals surface area contributed by atoms with E-state index in [1.807, 2.05) is 0 Å². The standard InChI is InChI=1S/C14H28O2/c1-11(2)12(3)9-7-8-10-13(4)14(15-5)16-6/h7-8,11-14H,9-10H2,1-6H3/b8-7+. The molecule has 0 rings (SSSR count). The van der Waals surface area contributed by atoms with Crippen molar-refractivity contribution in [3.05, 3.63) is 12.2 Å². The maximum atomic E-state index is 5.22. The maximum absolute atomic E-state index is 5.22. The number of hydrogen-bond donors (Lipinski definition) is 0. The minimum Gasteiger partial charge on any atom is -0.356 e. The lowest BCUT2D eigenvalue weighted by Gasteiger charge is -2.19. The van der Waals surface area contributed by atoms with Gasteiger partial charge in [0.15, 0.2) is 6.29 Å². The van der Waals surface area contributed by atoms with Crippen LogP contribution in [0.25, 0.3) is 0 Å². The maximum Gasteiger partial charge on any atom is 0.159 e. The molecule has 0 N–H and O–H groups in total. The summed E-state index contributed by atoms with van der Waals surface area (Å²) < 4.78 is 10.4. The summed E-state index contributed by atoms with van der Waals surface area (Å²) in [6.45, 7) is 8.99. The average molecular weight is 228 g/mol. The Hall–Kier alpha value is -0.340. The van der Waals surface area contributed by atoms with Crippen LogP contribution in [0, 0.1) is 17.8 Å². The fraction of sp³-hybridized carbons (Fsp3) is 0.857. The molecule has 2 nitrogen and oxygen atoms in total. The van der Waals surface area contributed by atoms with Gasteiger partial charge < -0.3 is 9.47 Å². The molecule has 0 saturated carbocycles. The number of allylic oxidation sites excluding steroid dienone is 2. The molecule has 0 bridgehead atoms. The summed E-state index contributed by atoms with van der Waals surface area (Å²) in [4.78, 5) is 0. The minimum absolute atomic E-state index is 0.0906. The van der Waals surface area contributed by atoms with Crippen molar-refractivity contribution in [3.63, 3.8) is 0 Å². The smallest absolute Gasteiger partial charge is 0.159 e. The van der Waals surface area contributed by atoms with E-state index in [2.05, 4.69) is 39.8 Å². The van der Waals surface area contributed by atoms with Crippen LogP contribution < -0.4 is 0 Å². The molecule has 0 saturated heterocycles. The van der Waals surface area contributed by atoms with Gasteiger partial charge in [0.05, 0.1) is 0 Å². The third-order valence-electron chi connectivity index (χ3n) is 3.25. The zero-order chi connectivity index (χ0) is 12.6. The molecule has 0 fully saturated rings. The van der Waals surface area contributed by atoms with Crippen LogP contribution in [-0.4, -0.2) is 20.5 Å². The van der Waals surface area contributed by atoms with Gasteiger partial charge in [0.25, 0.3) is 0 Å². The zero-order valence-electron chi connectivity index (χ0n) is 11.7. The first-order valence-electron chi connectivity index (χ1n) is 6.23. The van der Waals surface area contributed by atoms with Gasteiger partial charge in [-0.25, -0.2) is 0 Å². The molecule has 0 aliphatic carbocycles. The third kappa shape index (κ3) is 6.29. The van der Waals surface area contributed by atoms with Gasteiger partial charge in [-0.1, -0.05) is 39.8 Å². The Morgan fingerprint density at radius 3 is 1.62 bits per heavy atom. The van der Waals surface area contributed by atoms with Crippen LogP contribution in [0.2, 0.25) is 0 Å². The van der Waals surface area contributed by atoms with Gasteiger partial charge in [-0.15, -0.1) is 0 Å². The fourth-order valence-corrected chi connectivity index (χ4v) is 1.57. The Labute approximate surface area is 101 Å². The molecule has 2 heteroatoms. The van der Waals surface area contributed by atoms with Crippen molar-refractivity contribution in [2.24, 2.45) is 17.8 Å². The molecule has 0 aromatic heterocycles. The van der Waals surface area contributed by atoms with Crippen LogP contribution in [0.5, 0.6) is 0 Å². The van der Waals surface area contributed by atoms with Crippen molar-refractivity contribution in [1.82, 2.24) is 0 Å². The highest BCUT2D eigenvalue weighted by Crippen LogP contribution is 2.16. The molecule has 16 heavy (non-hydrogen) atoms. The van der Waals surface area contributed by atoms with E-state index in [-0.39, 0.29) is 6.29 Å². The van der Waals surface area contributed by atoms with E-state index in [1.54, 1.807) is 14.2 Å².